The number of H-pyrrole nitrogens is 1. The van der Waals surface area contributed by atoms with Crippen LogP contribution in [0.2, 0.25) is 0 Å². The van der Waals surface area contributed by atoms with Gasteiger partial charge in [0.25, 0.3) is 5.91 Å². The Morgan fingerprint density at radius 3 is 2.70 bits per heavy atom. The molecule has 0 saturated carbocycles. The predicted molar refractivity (Wildman–Crippen MR) is 85.4 cm³/mol. The number of amides is 1. The molecule has 0 aliphatic rings. The van der Waals surface area contributed by atoms with Crippen molar-refractivity contribution in [2.75, 3.05) is 5.32 Å². The van der Waals surface area contributed by atoms with Gasteiger partial charge in [0.2, 0.25) is 5.95 Å². The van der Waals surface area contributed by atoms with Crippen LogP contribution in [0.25, 0.3) is 16.6 Å². The van der Waals surface area contributed by atoms with E-state index in [2.05, 4.69) is 25.7 Å². The van der Waals surface area contributed by atoms with E-state index in [0.29, 0.717) is 11.6 Å². The van der Waals surface area contributed by atoms with Gasteiger partial charge >= 0.3 is 0 Å². The molecule has 0 bridgehead atoms. The van der Waals surface area contributed by atoms with E-state index in [9.17, 15) is 4.79 Å². The molecule has 2 N–H and O–H groups in total. The zero-order chi connectivity index (χ0) is 15.6. The summed E-state index contributed by atoms with van der Waals surface area (Å²) >= 11 is 0. The van der Waals surface area contributed by atoms with Crippen molar-refractivity contribution in [1.29, 1.82) is 0 Å². The Morgan fingerprint density at radius 2 is 1.83 bits per heavy atom. The van der Waals surface area contributed by atoms with Crippen molar-refractivity contribution in [1.82, 2.24) is 25.0 Å². The van der Waals surface area contributed by atoms with E-state index in [4.69, 9.17) is 0 Å². The first kappa shape index (κ1) is 13.2. The Balaban J connectivity index is 1.67. The molecule has 0 fully saturated rings. The average Bonchev–Trinajstić information content (AvgIpc) is 3.22. The number of hydrogen-bond donors (Lipinski definition) is 2. The minimum Gasteiger partial charge on any atom is -0.289 e. The molecule has 7 nitrogen and oxygen atoms in total. The predicted octanol–water partition coefficient (Wildman–Crippen LogP) is 2.40. The maximum Gasteiger partial charge on any atom is 0.279 e. The second kappa shape index (κ2) is 5.38. The van der Waals surface area contributed by atoms with E-state index in [0.717, 1.165) is 16.6 Å². The molecule has 0 spiro atoms. The monoisotopic (exact) mass is 304 g/mol. The molecule has 23 heavy (non-hydrogen) atoms. The molecule has 112 valence electrons. The number of benzene rings is 2. The second-order valence-corrected chi connectivity index (χ2v) is 4.93. The van der Waals surface area contributed by atoms with Crippen LogP contribution >= 0.6 is 0 Å². The molecule has 0 radical (unpaired) electrons. The number of fused-ring (bicyclic) bond motifs is 1. The molecule has 7 heteroatoms. The van der Waals surface area contributed by atoms with Gasteiger partial charge in [-0.2, -0.15) is 5.10 Å². The minimum atomic E-state index is -0.340. The fourth-order valence-electron chi connectivity index (χ4n) is 2.40. The first-order valence-corrected chi connectivity index (χ1v) is 7.03. The Labute approximate surface area is 131 Å². The normalized spacial score (nSPS) is 10.8. The van der Waals surface area contributed by atoms with Gasteiger partial charge in [-0.1, -0.05) is 36.4 Å². The van der Waals surface area contributed by atoms with Crippen molar-refractivity contribution in [2.45, 2.75) is 0 Å². The summed E-state index contributed by atoms with van der Waals surface area (Å²) < 4.78 is 1.70. The van der Waals surface area contributed by atoms with Crippen LogP contribution in [0.1, 0.15) is 10.5 Å². The SMILES string of the molecule is O=C(Nc1nncn1-c1ccccc1)c1n[nH]c2ccccc12. The molecule has 2 heterocycles. The number of rotatable bonds is 3. The van der Waals surface area contributed by atoms with E-state index in [1.165, 1.54) is 0 Å². The Kier molecular flexibility index (Phi) is 3.09. The summed E-state index contributed by atoms with van der Waals surface area (Å²) in [6.45, 7) is 0. The Morgan fingerprint density at radius 1 is 1.04 bits per heavy atom. The number of hydrogen-bond acceptors (Lipinski definition) is 4. The van der Waals surface area contributed by atoms with E-state index < -0.39 is 0 Å². The molecule has 4 rings (SSSR count). The second-order valence-electron chi connectivity index (χ2n) is 4.93. The number of carbonyl (C=O) groups excluding carboxylic acids is 1. The third kappa shape index (κ3) is 2.34. The van der Waals surface area contributed by atoms with Crippen LogP contribution in [-0.4, -0.2) is 30.9 Å². The van der Waals surface area contributed by atoms with Gasteiger partial charge in [0.05, 0.1) is 11.2 Å². The number of nitrogens with one attached hydrogen (secondary N) is 2. The Bertz CT molecular complexity index is 972. The fraction of sp³-hybridized carbons (Fsp3) is 0. The van der Waals surface area contributed by atoms with E-state index in [1.807, 2.05) is 54.6 Å². The van der Waals surface area contributed by atoms with Gasteiger partial charge in [0, 0.05) is 5.39 Å². The fourth-order valence-corrected chi connectivity index (χ4v) is 2.40. The molecule has 4 aromatic rings. The van der Waals surface area contributed by atoms with Crippen molar-refractivity contribution in [3.63, 3.8) is 0 Å². The summed E-state index contributed by atoms with van der Waals surface area (Å²) in [5.41, 5.74) is 1.99. The van der Waals surface area contributed by atoms with Crippen molar-refractivity contribution in [3.05, 3.63) is 66.6 Å². The van der Waals surface area contributed by atoms with Crippen LogP contribution in [0.3, 0.4) is 0 Å². The lowest BCUT2D eigenvalue weighted by molar-refractivity contribution is 0.102. The van der Waals surface area contributed by atoms with E-state index in [1.54, 1.807) is 10.9 Å². The third-order valence-electron chi connectivity index (χ3n) is 3.49. The Hall–Kier alpha value is -3.48. The average molecular weight is 304 g/mol. The smallest absolute Gasteiger partial charge is 0.279 e. The molecule has 0 aliphatic carbocycles. The maximum absolute atomic E-state index is 12.5. The first-order valence-electron chi connectivity index (χ1n) is 7.03. The van der Waals surface area contributed by atoms with Crippen LogP contribution in [0, 0.1) is 0 Å². The zero-order valence-electron chi connectivity index (χ0n) is 12.0. The molecule has 2 aromatic carbocycles. The van der Waals surface area contributed by atoms with Gasteiger partial charge < -0.3 is 0 Å². The summed E-state index contributed by atoms with van der Waals surface area (Å²) in [6.07, 6.45) is 1.55. The topological polar surface area (TPSA) is 88.5 Å². The molecular formula is C16H12N6O. The first-order chi connectivity index (χ1) is 11.3. The number of aromatic nitrogens is 5. The van der Waals surface area contributed by atoms with Crippen molar-refractivity contribution < 1.29 is 4.79 Å². The molecule has 0 unspecified atom stereocenters. The molecule has 2 aromatic heterocycles. The molecule has 1 amide bonds. The van der Waals surface area contributed by atoms with Crippen LogP contribution in [-0.2, 0) is 0 Å². The lowest BCUT2D eigenvalue weighted by atomic mass is 10.2. The molecule has 0 atom stereocenters. The zero-order valence-corrected chi connectivity index (χ0v) is 12.0. The van der Waals surface area contributed by atoms with Crippen LogP contribution in [0.4, 0.5) is 5.95 Å². The van der Waals surface area contributed by atoms with Crippen molar-refractivity contribution >= 4 is 22.8 Å². The highest BCUT2D eigenvalue weighted by molar-refractivity contribution is 6.10. The quantitative estimate of drug-likeness (QED) is 0.608. The summed E-state index contributed by atoms with van der Waals surface area (Å²) in [5, 5.41) is 18.3. The van der Waals surface area contributed by atoms with Crippen molar-refractivity contribution in [2.24, 2.45) is 0 Å². The van der Waals surface area contributed by atoms with Gasteiger partial charge in [-0.25, -0.2) is 0 Å². The van der Waals surface area contributed by atoms with Gasteiger partial charge in [-0.3, -0.25) is 19.8 Å². The van der Waals surface area contributed by atoms with E-state index in [-0.39, 0.29) is 5.91 Å². The lowest BCUT2D eigenvalue weighted by Crippen LogP contribution is -2.16. The largest absolute Gasteiger partial charge is 0.289 e. The van der Waals surface area contributed by atoms with Gasteiger partial charge in [0.1, 0.15) is 6.33 Å². The van der Waals surface area contributed by atoms with Gasteiger partial charge in [-0.05, 0) is 18.2 Å². The molecular weight excluding hydrogens is 292 g/mol. The van der Waals surface area contributed by atoms with E-state index >= 15 is 0 Å². The highest BCUT2D eigenvalue weighted by atomic mass is 16.2. The number of para-hydroxylation sites is 2. The highest BCUT2D eigenvalue weighted by Crippen LogP contribution is 2.17. The number of anilines is 1. The van der Waals surface area contributed by atoms with Crippen LogP contribution in [0.5, 0.6) is 0 Å². The summed E-state index contributed by atoms with van der Waals surface area (Å²) in [7, 11) is 0. The number of carbonyl (C=O) groups is 1. The van der Waals surface area contributed by atoms with Crippen molar-refractivity contribution in [3.8, 4) is 5.69 Å². The van der Waals surface area contributed by atoms with Gasteiger partial charge in [-0.15, -0.1) is 10.2 Å². The summed E-state index contributed by atoms with van der Waals surface area (Å²) in [5.74, 6) is 0.000845. The maximum atomic E-state index is 12.5. The van der Waals surface area contributed by atoms with Gasteiger partial charge in [0.15, 0.2) is 5.69 Å². The number of aromatic amines is 1. The van der Waals surface area contributed by atoms with Crippen LogP contribution < -0.4 is 5.32 Å². The lowest BCUT2D eigenvalue weighted by Gasteiger charge is -2.06. The third-order valence-corrected chi connectivity index (χ3v) is 3.49. The van der Waals surface area contributed by atoms with Crippen LogP contribution in [0.15, 0.2) is 60.9 Å². The standard InChI is InChI=1S/C16H12N6O/c23-15(14-12-8-4-5-9-13(12)19-20-14)18-16-21-17-10-22(16)11-6-2-1-3-7-11/h1-10H,(H,19,20)(H,18,21,23). The summed E-state index contributed by atoms with van der Waals surface area (Å²) in [6, 6.07) is 17.0. The summed E-state index contributed by atoms with van der Waals surface area (Å²) in [4.78, 5) is 12.5. The molecule has 0 saturated heterocycles. The minimum absolute atomic E-state index is 0.322. The molecule has 0 aliphatic heterocycles. The highest BCUT2D eigenvalue weighted by Gasteiger charge is 2.16. The number of nitrogens with zero attached hydrogens (tertiary/aromatic N) is 4.